The Labute approximate surface area is 115 Å². The molecule has 0 aliphatic rings. The lowest BCUT2D eigenvalue weighted by atomic mass is 9.89. The Kier molecular flexibility index (Phi) is 4.20. The maximum atomic E-state index is 10.6. The second-order valence-corrected chi connectivity index (χ2v) is 5.59. The molecule has 2 aromatic rings. The van der Waals surface area contributed by atoms with Gasteiger partial charge in [-0.2, -0.15) is 0 Å². The van der Waals surface area contributed by atoms with Gasteiger partial charge in [0.1, 0.15) is 0 Å². The minimum Gasteiger partial charge on any atom is -0.385 e. The molecule has 0 saturated carbocycles. The Morgan fingerprint density at radius 2 is 1.95 bits per heavy atom. The predicted molar refractivity (Wildman–Crippen MR) is 80.2 cm³/mol. The van der Waals surface area contributed by atoms with Gasteiger partial charge in [-0.05, 0) is 44.0 Å². The fourth-order valence-electron chi connectivity index (χ4n) is 2.43. The molecule has 0 saturated heterocycles. The minimum atomic E-state index is -0.742. The van der Waals surface area contributed by atoms with Gasteiger partial charge >= 0.3 is 0 Å². The summed E-state index contributed by atoms with van der Waals surface area (Å²) in [6, 6.07) is 10.2. The van der Waals surface area contributed by atoms with Gasteiger partial charge in [-0.15, -0.1) is 0 Å². The molecule has 2 heteroatoms. The molecule has 1 heterocycles. The largest absolute Gasteiger partial charge is 0.385 e. The van der Waals surface area contributed by atoms with Crippen LogP contribution in [0.3, 0.4) is 0 Å². The Balaban J connectivity index is 2.26. The van der Waals surface area contributed by atoms with Crippen molar-refractivity contribution >= 4 is 10.9 Å². The van der Waals surface area contributed by atoms with Gasteiger partial charge in [0, 0.05) is 11.1 Å². The van der Waals surface area contributed by atoms with Crippen molar-refractivity contribution < 1.29 is 5.11 Å². The van der Waals surface area contributed by atoms with E-state index in [9.17, 15) is 5.11 Å². The summed E-state index contributed by atoms with van der Waals surface area (Å²) in [4.78, 5) is 4.49. The zero-order valence-electron chi connectivity index (χ0n) is 12.1. The van der Waals surface area contributed by atoms with Gasteiger partial charge in [-0.3, -0.25) is 4.98 Å². The third-order valence-corrected chi connectivity index (χ3v) is 3.72. The molecule has 1 N–H and O–H groups in total. The third kappa shape index (κ3) is 3.32. The normalized spacial score (nSPS) is 14.5. The van der Waals surface area contributed by atoms with Gasteiger partial charge in [-0.25, -0.2) is 0 Å². The number of benzene rings is 1. The van der Waals surface area contributed by atoms with Crippen LogP contribution in [0.5, 0.6) is 0 Å². The summed E-state index contributed by atoms with van der Waals surface area (Å²) >= 11 is 0. The van der Waals surface area contributed by atoms with Crippen LogP contribution >= 0.6 is 0 Å². The summed E-state index contributed by atoms with van der Waals surface area (Å²) in [5.41, 5.74) is 2.26. The summed E-state index contributed by atoms with van der Waals surface area (Å²) < 4.78 is 0. The molecule has 0 aliphatic heterocycles. The zero-order chi connectivity index (χ0) is 13.9. The van der Waals surface area contributed by atoms with E-state index in [1.807, 2.05) is 32.0 Å². The Bertz CT molecular complexity index is 560. The minimum absolute atomic E-state index is 0.742. The monoisotopic (exact) mass is 257 g/mol. The molecule has 0 radical (unpaired) electrons. The van der Waals surface area contributed by atoms with E-state index in [0.717, 1.165) is 35.0 Å². The van der Waals surface area contributed by atoms with Crippen molar-refractivity contribution in [3.8, 4) is 0 Å². The number of unbranched alkanes of at least 4 members (excludes halogenated alkanes) is 2. The number of aliphatic hydroxyl groups is 1. The number of nitrogens with zero attached hydrogens (tertiary/aromatic N) is 1. The molecule has 0 aliphatic carbocycles. The van der Waals surface area contributed by atoms with Crippen molar-refractivity contribution in [2.24, 2.45) is 0 Å². The smallest absolute Gasteiger partial charge is 0.0868 e. The molecule has 19 heavy (non-hydrogen) atoms. The fraction of sp³-hybridized carbons (Fsp3) is 0.471. The molecule has 2 rings (SSSR count). The van der Waals surface area contributed by atoms with Crippen LogP contribution in [-0.2, 0) is 5.60 Å². The summed E-state index contributed by atoms with van der Waals surface area (Å²) in [6.07, 6.45) is 4.22. The molecule has 1 aromatic heterocycles. The highest BCUT2D eigenvalue weighted by atomic mass is 16.3. The van der Waals surface area contributed by atoms with Crippen LogP contribution in [0.15, 0.2) is 30.3 Å². The Hall–Kier alpha value is -1.41. The molecular formula is C17H23NO. The lowest BCUT2D eigenvalue weighted by Crippen LogP contribution is -2.20. The first-order valence-corrected chi connectivity index (χ1v) is 7.13. The van der Waals surface area contributed by atoms with Crippen LogP contribution in [-0.4, -0.2) is 10.1 Å². The topological polar surface area (TPSA) is 33.1 Å². The molecule has 0 amide bonds. The van der Waals surface area contributed by atoms with Crippen LogP contribution in [0.1, 0.15) is 50.8 Å². The first kappa shape index (κ1) is 14.0. The van der Waals surface area contributed by atoms with E-state index in [2.05, 4.69) is 24.0 Å². The van der Waals surface area contributed by atoms with Crippen molar-refractivity contribution in [2.75, 3.05) is 0 Å². The van der Waals surface area contributed by atoms with E-state index < -0.39 is 5.60 Å². The molecule has 102 valence electrons. The van der Waals surface area contributed by atoms with E-state index in [0.29, 0.717) is 0 Å². The fourth-order valence-corrected chi connectivity index (χ4v) is 2.43. The van der Waals surface area contributed by atoms with Crippen molar-refractivity contribution in [3.63, 3.8) is 0 Å². The molecule has 1 atom stereocenters. The molecule has 1 unspecified atom stereocenters. The number of hydrogen-bond donors (Lipinski definition) is 1. The molecule has 2 nitrogen and oxygen atoms in total. The van der Waals surface area contributed by atoms with E-state index in [1.54, 1.807) is 0 Å². The second-order valence-electron chi connectivity index (χ2n) is 5.59. The highest BCUT2D eigenvalue weighted by Gasteiger charge is 2.22. The van der Waals surface area contributed by atoms with Gasteiger partial charge in [0.2, 0.25) is 0 Å². The number of aryl methyl sites for hydroxylation is 1. The predicted octanol–water partition coefficient (Wildman–Crippen LogP) is 4.33. The van der Waals surface area contributed by atoms with E-state index in [1.165, 1.54) is 12.8 Å². The van der Waals surface area contributed by atoms with Gasteiger partial charge < -0.3 is 5.11 Å². The van der Waals surface area contributed by atoms with Crippen LogP contribution in [0, 0.1) is 6.92 Å². The standard InChI is InChI=1S/C17H23NO/c1-4-5-6-11-17(3,19)15-9-10-16-14(12-15)8-7-13(2)18-16/h7-10,12,19H,4-6,11H2,1-3H3. The van der Waals surface area contributed by atoms with Crippen LogP contribution in [0.4, 0.5) is 0 Å². The first-order chi connectivity index (χ1) is 9.03. The first-order valence-electron chi connectivity index (χ1n) is 7.13. The van der Waals surface area contributed by atoms with Gasteiger partial charge in [0.25, 0.3) is 0 Å². The average Bonchev–Trinajstić information content (AvgIpc) is 2.38. The maximum Gasteiger partial charge on any atom is 0.0868 e. The summed E-state index contributed by atoms with van der Waals surface area (Å²) in [7, 11) is 0. The number of pyridine rings is 1. The van der Waals surface area contributed by atoms with Crippen molar-refractivity contribution in [1.29, 1.82) is 0 Å². The van der Waals surface area contributed by atoms with E-state index in [-0.39, 0.29) is 0 Å². The molecule has 0 bridgehead atoms. The van der Waals surface area contributed by atoms with Crippen molar-refractivity contribution in [1.82, 2.24) is 4.98 Å². The van der Waals surface area contributed by atoms with Gasteiger partial charge in [0.05, 0.1) is 11.1 Å². The lowest BCUT2D eigenvalue weighted by molar-refractivity contribution is 0.0451. The summed E-state index contributed by atoms with van der Waals surface area (Å²) in [5, 5.41) is 11.7. The number of fused-ring (bicyclic) bond motifs is 1. The van der Waals surface area contributed by atoms with Crippen molar-refractivity contribution in [2.45, 2.75) is 52.1 Å². The number of aromatic nitrogens is 1. The van der Waals surface area contributed by atoms with E-state index in [4.69, 9.17) is 0 Å². The molecule has 0 fully saturated rings. The SMILES string of the molecule is CCCCCC(C)(O)c1ccc2nc(C)ccc2c1. The zero-order valence-corrected chi connectivity index (χ0v) is 12.1. The van der Waals surface area contributed by atoms with Crippen LogP contribution in [0.25, 0.3) is 10.9 Å². The quantitative estimate of drug-likeness (QED) is 0.809. The highest BCUT2D eigenvalue weighted by Crippen LogP contribution is 2.29. The van der Waals surface area contributed by atoms with Gasteiger partial charge in [0.15, 0.2) is 0 Å². The molecular weight excluding hydrogens is 234 g/mol. The Morgan fingerprint density at radius 3 is 2.68 bits per heavy atom. The molecule has 0 spiro atoms. The highest BCUT2D eigenvalue weighted by molar-refractivity contribution is 5.79. The van der Waals surface area contributed by atoms with E-state index >= 15 is 0 Å². The molecule has 1 aromatic carbocycles. The summed E-state index contributed by atoms with van der Waals surface area (Å²) in [5.74, 6) is 0. The number of rotatable bonds is 5. The van der Waals surface area contributed by atoms with Crippen LogP contribution in [0.2, 0.25) is 0 Å². The lowest BCUT2D eigenvalue weighted by Gasteiger charge is -2.24. The maximum absolute atomic E-state index is 10.6. The van der Waals surface area contributed by atoms with Crippen molar-refractivity contribution in [3.05, 3.63) is 41.6 Å². The second kappa shape index (κ2) is 5.70. The third-order valence-electron chi connectivity index (χ3n) is 3.72. The van der Waals surface area contributed by atoms with Crippen LogP contribution < -0.4 is 0 Å². The average molecular weight is 257 g/mol. The number of hydrogen-bond acceptors (Lipinski definition) is 2. The van der Waals surface area contributed by atoms with Gasteiger partial charge in [-0.1, -0.05) is 38.3 Å². The summed E-state index contributed by atoms with van der Waals surface area (Å²) in [6.45, 7) is 6.08. The Morgan fingerprint density at radius 1 is 1.16 bits per heavy atom.